The van der Waals surface area contributed by atoms with Crippen LogP contribution in [-0.4, -0.2) is 72.3 Å². The maximum Gasteiger partial charge on any atom is 0.236 e. The van der Waals surface area contributed by atoms with Crippen LogP contribution in [0.25, 0.3) is 0 Å². The molecule has 2 fully saturated rings. The molecule has 130 valence electrons. The van der Waals surface area contributed by atoms with Crippen molar-refractivity contribution in [2.75, 3.05) is 45.8 Å². The van der Waals surface area contributed by atoms with E-state index in [0.717, 1.165) is 57.4 Å². The van der Waals surface area contributed by atoms with Gasteiger partial charge in [-0.25, -0.2) is 0 Å². The van der Waals surface area contributed by atoms with E-state index in [1.165, 1.54) is 0 Å². The first-order chi connectivity index (χ1) is 11.0. The highest BCUT2D eigenvalue weighted by Crippen LogP contribution is 2.22. The summed E-state index contributed by atoms with van der Waals surface area (Å²) in [5, 5.41) is 0. The van der Waals surface area contributed by atoms with Gasteiger partial charge in [-0.05, 0) is 39.2 Å². The Morgan fingerprint density at radius 3 is 2.17 bits per heavy atom. The number of likely N-dealkylation sites (N-methyl/N-ethyl adjacent to an activating group) is 1. The van der Waals surface area contributed by atoms with Crippen molar-refractivity contribution in [3.63, 3.8) is 0 Å². The van der Waals surface area contributed by atoms with Gasteiger partial charge in [0, 0.05) is 38.6 Å². The molecule has 2 amide bonds. The van der Waals surface area contributed by atoms with Crippen LogP contribution in [0.2, 0.25) is 0 Å². The molecule has 5 heteroatoms. The molecule has 0 spiro atoms. The highest BCUT2D eigenvalue weighted by atomic mass is 16.2. The Bertz CT molecular complexity index is 436. The van der Waals surface area contributed by atoms with E-state index < -0.39 is 0 Å². The Morgan fingerprint density at radius 1 is 1.04 bits per heavy atom. The number of carbonyl (C=O) groups excluding carboxylic acids is 2. The van der Waals surface area contributed by atoms with Gasteiger partial charge in [-0.2, -0.15) is 0 Å². The number of likely N-dealkylation sites (tertiary alicyclic amines) is 2. The van der Waals surface area contributed by atoms with Crippen LogP contribution in [0.3, 0.4) is 0 Å². The van der Waals surface area contributed by atoms with E-state index in [1.54, 1.807) is 0 Å². The normalized spacial score (nSPS) is 19.4. The fraction of sp³-hybridized carbons (Fsp3) is 0.778. The van der Waals surface area contributed by atoms with Gasteiger partial charge in [0.05, 0.1) is 6.54 Å². The molecule has 0 aromatic carbocycles. The Hall–Kier alpha value is -1.36. The molecule has 0 bridgehead atoms. The summed E-state index contributed by atoms with van der Waals surface area (Å²) in [5.74, 6) is 0.613. The number of hydrogen-bond acceptors (Lipinski definition) is 3. The summed E-state index contributed by atoms with van der Waals surface area (Å²) in [6, 6.07) is 0. The molecule has 0 aromatic heterocycles. The van der Waals surface area contributed by atoms with Crippen LogP contribution in [-0.2, 0) is 9.59 Å². The molecular formula is C18H31N3O2. The van der Waals surface area contributed by atoms with Gasteiger partial charge in [0.2, 0.25) is 11.8 Å². The summed E-state index contributed by atoms with van der Waals surface area (Å²) >= 11 is 0. The van der Waals surface area contributed by atoms with Crippen molar-refractivity contribution in [1.82, 2.24) is 14.7 Å². The molecule has 2 aliphatic heterocycles. The minimum atomic E-state index is 0.120. The lowest BCUT2D eigenvalue weighted by Crippen LogP contribution is -2.47. The zero-order valence-electron chi connectivity index (χ0n) is 14.7. The molecule has 0 radical (unpaired) electrons. The maximum atomic E-state index is 12.4. The Labute approximate surface area is 140 Å². The molecule has 0 N–H and O–H groups in total. The summed E-state index contributed by atoms with van der Waals surface area (Å²) < 4.78 is 0. The van der Waals surface area contributed by atoms with Gasteiger partial charge in [-0.15, -0.1) is 0 Å². The molecule has 0 unspecified atom stereocenters. The van der Waals surface area contributed by atoms with Crippen molar-refractivity contribution in [1.29, 1.82) is 0 Å². The van der Waals surface area contributed by atoms with E-state index in [9.17, 15) is 9.59 Å². The maximum absolute atomic E-state index is 12.4. The predicted molar refractivity (Wildman–Crippen MR) is 92.0 cm³/mol. The molecule has 2 heterocycles. The van der Waals surface area contributed by atoms with Gasteiger partial charge < -0.3 is 9.80 Å². The van der Waals surface area contributed by atoms with Crippen LogP contribution in [0.15, 0.2) is 12.2 Å². The SMILES string of the molecule is C=C(C)CN(CC)CC(=O)N1CCC(C(=O)N2CCCC2)CC1. The van der Waals surface area contributed by atoms with E-state index in [-0.39, 0.29) is 11.8 Å². The topological polar surface area (TPSA) is 43.9 Å². The van der Waals surface area contributed by atoms with E-state index in [1.807, 2.05) is 16.7 Å². The largest absolute Gasteiger partial charge is 0.342 e. The number of hydrogen-bond donors (Lipinski definition) is 0. The number of nitrogens with zero attached hydrogens (tertiary/aromatic N) is 3. The Balaban J connectivity index is 1.77. The predicted octanol–water partition coefficient (Wildman–Crippen LogP) is 1.75. The Morgan fingerprint density at radius 2 is 1.65 bits per heavy atom. The average Bonchev–Trinajstić information content (AvgIpc) is 3.07. The molecule has 2 aliphatic rings. The summed E-state index contributed by atoms with van der Waals surface area (Å²) in [6.07, 6.45) is 3.90. The number of rotatable bonds is 6. The van der Waals surface area contributed by atoms with Crippen LogP contribution in [0.5, 0.6) is 0 Å². The van der Waals surface area contributed by atoms with Gasteiger partial charge in [-0.1, -0.05) is 19.1 Å². The van der Waals surface area contributed by atoms with Gasteiger partial charge in [0.25, 0.3) is 0 Å². The molecular weight excluding hydrogens is 290 g/mol. The molecule has 2 saturated heterocycles. The Kier molecular flexibility index (Phi) is 6.63. The van der Waals surface area contributed by atoms with Crippen molar-refractivity contribution < 1.29 is 9.59 Å². The number of carbonyl (C=O) groups is 2. The molecule has 23 heavy (non-hydrogen) atoms. The number of amides is 2. The lowest BCUT2D eigenvalue weighted by atomic mass is 9.95. The minimum Gasteiger partial charge on any atom is -0.342 e. The van der Waals surface area contributed by atoms with Crippen LogP contribution in [0, 0.1) is 5.92 Å². The lowest BCUT2D eigenvalue weighted by molar-refractivity contribution is -0.140. The summed E-state index contributed by atoms with van der Waals surface area (Å²) in [4.78, 5) is 30.9. The fourth-order valence-electron chi connectivity index (χ4n) is 3.52. The molecule has 2 rings (SSSR count). The first kappa shape index (κ1) is 18.0. The third-order valence-corrected chi connectivity index (χ3v) is 4.91. The van der Waals surface area contributed by atoms with Crippen LogP contribution >= 0.6 is 0 Å². The summed E-state index contributed by atoms with van der Waals surface area (Å²) in [6.45, 7) is 13.3. The van der Waals surface area contributed by atoms with E-state index >= 15 is 0 Å². The summed E-state index contributed by atoms with van der Waals surface area (Å²) in [5.41, 5.74) is 1.08. The van der Waals surface area contributed by atoms with Gasteiger partial charge in [0.15, 0.2) is 0 Å². The first-order valence-electron chi connectivity index (χ1n) is 8.94. The van der Waals surface area contributed by atoms with Gasteiger partial charge in [-0.3, -0.25) is 14.5 Å². The molecule has 0 aromatic rings. The second kappa shape index (κ2) is 8.48. The highest BCUT2D eigenvalue weighted by Gasteiger charge is 2.31. The monoisotopic (exact) mass is 321 g/mol. The zero-order valence-corrected chi connectivity index (χ0v) is 14.7. The smallest absolute Gasteiger partial charge is 0.236 e. The number of piperidine rings is 1. The molecule has 5 nitrogen and oxygen atoms in total. The van der Waals surface area contributed by atoms with Crippen molar-refractivity contribution >= 4 is 11.8 Å². The first-order valence-corrected chi connectivity index (χ1v) is 8.94. The van der Waals surface area contributed by atoms with Crippen LogP contribution < -0.4 is 0 Å². The molecule has 0 aliphatic carbocycles. The minimum absolute atomic E-state index is 0.120. The highest BCUT2D eigenvalue weighted by molar-refractivity contribution is 5.81. The van der Waals surface area contributed by atoms with Crippen molar-refractivity contribution in [2.24, 2.45) is 5.92 Å². The second-order valence-corrected chi connectivity index (χ2v) is 6.95. The third-order valence-electron chi connectivity index (χ3n) is 4.91. The van der Waals surface area contributed by atoms with Gasteiger partial charge >= 0.3 is 0 Å². The van der Waals surface area contributed by atoms with E-state index in [0.29, 0.717) is 25.5 Å². The van der Waals surface area contributed by atoms with Crippen LogP contribution in [0.1, 0.15) is 39.5 Å². The summed E-state index contributed by atoms with van der Waals surface area (Å²) in [7, 11) is 0. The van der Waals surface area contributed by atoms with Gasteiger partial charge in [0.1, 0.15) is 0 Å². The van der Waals surface area contributed by atoms with E-state index in [4.69, 9.17) is 0 Å². The zero-order chi connectivity index (χ0) is 16.8. The average molecular weight is 321 g/mol. The van der Waals surface area contributed by atoms with Crippen molar-refractivity contribution in [3.8, 4) is 0 Å². The third kappa shape index (κ3) is 5.06. The molecule has 0 atom stereocenters. The lowest BCUT2D eigenvalue weighted by Gasteiger charge is -2.34. The fourth-order valence-corrected chi connectivity index (χ4v) is 3.52. The second-order valence-electron chi connectivity index (χ2n) is 6.95. The quantitative estimate of drug-likeness (QED) is 0.700. The van der Waals surface area contributed by atoms with Crippen molar-refractivity contribution in [2.45, 2.75) is 39.5 Å². The van der Waals surface area contributed by atoms with Crippen LogP contribution in [0.4, 0.5) is 0 Å². The van der Waals surface area contributed by atoms with Crippen molar-refractivity contribution in [3.05, 3.63) is 12.2 Å². The standard InChI is InChI=1S/C18H31N3O2/c1-4-19(13-15(2)3)14-17(22)20-11-7-16(8-12-20)18(23)21-9-5-6-10-21/h16H,2,4-14H2,1,3H3. The van der Waals surface area contributed by atoms with E-state index in [2.05, 4.69) is 18.4 Å². The molecule has 0 saturated carbocycles.